The number of hydrogen-bond acceptors (Lipinski definition) is 5. The monoisotopic (exact) mass is 356 g/mol. The number of carbonyl (C=O) groups is 1. The number of thioether (sulfide) groups is 1. The van der Waals surface area contributed by atoms with Gasteiger partial charge in [0.15, 0.2) is 5.78 Å². The predicted molar refractivity (Wildman–Crippen MR) is 103 cm³/mol. The molecule has 0 saturated heterocycles. The minimum atomic E-state index is 0.136. The van der Waals surface area contributed by atoms with Crippen LogP contribution in [0.5, 0.6) is 0 Å². The van der Waals surface area contributed by atoms with Gasteiger partial charge in [0.2, 0.25) is 0 Å². The van der Waals surface area contributed by atoms with Crippen LogP contribution in [0.2, 0.25) is 0 Å². The highest BCUT2D eigenvalue weighted by atomic mass is 32.2. The van der Waals surface area contributed by atoms with Crippen molar-refractivity contribution in [1.82, 2.24) is 9.97 Å². The molecule has 0 saturated carbocycles. The fraction of sp³-hybridized carbons (Fsp3) is 0.316. The number of thiophene rings is 1. The van der Waals surface area contributed by atoms with Gasteiger partial charge in [0.05, 0.1) is 5.75 Å². The summed E-state index contributed by atoms with van der Waals surface area (Å²) in [5.74, 6) is 1.29. The topological polar surface area (TPSA) is 42.9 Å². The Morgan fingerprint density at radius 1 is 1.12 bits per heavy atom. The lowest BCUT2D eigenvalue weighted by atomic mass is 10.1. The highest BCUT2D eigenvalue weighted by molar-refractivity contribution is 8.00. The first kappa shape index (κ1) is 17.1. The van der Waals surface area contributed by atoms with Gasteiger partial charge in [-0.2, -0.15) is 0 Å². The molecule has 2 aromatic heterocycles. The van der Waals surface area contributed by atoms with Crippen molar-refractivity contribution in [3.05, 3.63) is 51.7 Å². The van der Waals surface area contributed by atoms with Crippen LogP contribution in [0.15, 0.2) is 29.3 Å². The molecule has 124 valence electrons. The fourth-order valence-corrected chi connectivity index (χ4v) is 4.73. The maximum Gasteiger partial charge on any atom is 0.173 e. The minimum Gasteiger partial charge on any atom is -0.293 e. The van der Waals surface area contributed by atoms with E-state index in [1.54, 1.807) is 11.3 Å². The predicted octanol–water partition coefficient (Wildman–Crippen LogP) is 5.15. The lowest BCUT2D eigenvalue weighted by Gasteiger charge is -2.05. The van der Waals surface area contributed by atoms with Crippen molar-refractivity contribution in [2.45, 2.75) is 39.1 Å². The molecule has 0 fully saturated rings. The van der Waals surface area contributed by atoms with E-state index in [0.717, 1.165) is 33.1 Å². The Balaban J connectivity index is 1.83. The number of fused-ring (bicyclic) bond motifs is 1. The van der Waals surface area contributed by atoms with E-state index in [0.29, 0.717) is 5.75 Å². The third-order valence-corrected chi connectivity index (χ3v) is 6.21. The molecule has 24 heavy (non-hydrogen) atoms. The molecule has 1 aromatic carbocycles. The molecule has 3 nitrogen and oxygen atoms in total. The molecule has 0 amide bonds. The van der Waals surface area contributed by atoms with Crippen LogP contribution in [0.4, 0.5) is 0 Å². The number of aromatic nitrogens is 2. The van der Waals surface area contributed by atoms with Crippen LogP contribution in [-0.4, -0.2) is 21.5 Å². The van der Waals surface area contributed by atoms with Gasteiger partial charge in [-0.3, -0.25) is 4.79 Å². The molecule has 0 bridgehead atoms. The van der Waals surface area contributed by atoms with E-state index in [4.69, 9.17) is 0 Å². The molecular weight excluding hydrogens is 336 g/mol. The highest BCUT2D eigenvalue weighted by Crippen LogP contribution is 2.35. The van der Waals surface area contributed by atoms with Crippen LogP contribution in [0.1, 0.15) is 39.1 Å². The van der Waals surface area contributed by atoms with Gasteiger partial charge in [-0.1, -0.05) is 43.0 Å². The van der Waals surface area contributed by atoms with Crippen LogP contribution in [0, 0.1) is 20.8 Å². The van der Waals surface area contributed by atoms with Gasteiger partial charge in [-0.25, -0.2) is 9.97 Å². The molecule has 0 aliphatic rings. The number of benzene rings is 1. The summed E-state index contributed by atoms with van der Waals surface area (Å²) >= 11 is 3.20. The normalized spacial score (nSPS) is 11.2. The van der Waals surface area contributed by atoms with Crippen molar-refractivity contribution < 1.29 is 4.79 Å². The number of aryl methyl sites for hydroxylation is 4. The largest absolute Gasteiger partial charge is 0.293 e. The second kappa shape index (κ2) is 7.03. The Morgan fingerprint density at radius 3 is 2.50 bits per heavy atom. The zero-order chi connectivity index (χ0) is 17.3. The number of hydrogen-bond donors (Lipinski definition) is 0. The Kier molecular flexibility index (Phi) is 5.01. The third kappa shape index (κ3) is 3.37. The van der Waals surface area contributed by atoms with Gasteiger partial charge in [0.1, 0.15) is 15.7 Å². The number of carbonyl (C=O) groups excluding carboxylic acids is 1. The van der Waals surface area contributed by atoms with Crippen molar-refractivity contribution in [3.63, 3.8) is 0 Å². The number of rotatable bonds is 5. The van der Waals surface area contributed by atoms with Crippen LogP contribution in [-0.2, 0) is 6.42 Å². The van der Waals surface area contributed by atoms with Crippen molar-refractivity contribution in [2.24, 2.45) is 0 Å². The van der Waals surface area contributed by atoms with Gasteiger partial charge in [-0.15, -0.1) is 11.3 Å². The van der Waals surface area contributed by atoms with E-state index in [-0.39, 0.29) is 5.78 Å². The number of ketones is 1. The molecule has 0 aliphatic heterocycles. The lowest BCUT2D eigenvalue weighted by molar-refractivity contribution is 0.102. The fourth-order valence-electron chi connectivity index (χ4n) is 2.56. The summed E-state index contributed by atoms with van der Waals surface area (Å²) in [5, 5.41) is 2.01. The SMILES string of the molecule is CCc1ccc(C(=O)CSc2nc(C)nc3sc(C)c(C)c23)cc1. The molecule has 2 heterocycles. The van der Waals surface area contributed by atoms with Gasteiger partial charge in [0, 0.05) is 15.8 Å². The van der Waals surface area contributed by atoms with Crippen molar-refractivity contribution in [1.29, 1.82) is 0 Å². The summed E-state index contributed by atoms with van der Waals surface area (Å²) in [7, 11) is 0. The van der Waals surface area contributed by atoms with Gasteiger partial charge in [-0.05, 0) is 38.3 Å². The molecule has 3 aromatic rings. The Labute approximate surface area is 150 Å². The molecular formula is C19H20N2OS2. The summed E-state index contributed by atoms with van der Waals surface area (Å²) in [4.78, 5) is 23.8. The van der Waals surface area contributed by atoms with Crippen LogP contribution in [0.25, 0.3) is 10.2 Å². The Hall–Kier alpha value is -1.72. The minimum absolute atomic E-state index is 0.136. The van der Waals surface area contributed by atoms with Gasteiger partial charge >= 0.3 is 0 Å². The van der Waals surface area contributed by atoms with Crippen LogP contribution >= 0.6 is 23.1 Å². The molecule has 5 heteroatoms. The molecule has 0 unspecified atom stereocenters. The average molecular weight is 357 g/mol. The lowest BCUT2D eigenvalue weighted by Crippen LogP contribution is -2.03. The van der Waals surface area contributed by atoms with Crippen LogP contribution in [0.3, 0.4) is 0 Å². The number of Topliss-reactive ketones (excluding diaryl/α,β-unsaturated/α-hetero) is 1. The smallest absolute Gasteiger partial charge is 0.173 e. The van der Waals surface area contributed by atoms with Crippen molar-refractivity contribution in [3.8, 4) is 0 Å². The first-order valence-corrected chi connectivity index (χ1v) is 9.79. The molecule has 0 atom stereocenters. The molecule has 0 spiro atoms. The molecule has 0 N–H and O–H groups in total. The zero-order valence-corrected chi connectivity index (χ0v) is 16.0. The zero-order valence-electron chi connectivity index (χ0n) is 14.3. The first-order valence-electron chi connectivity index (χ1n) is 7.99. The standard InChI is InChI=1S/C19H20N2OS2/c1-5-14-6-8-15(9-7-14)16(22)10-23-18-17-11(2)12(3)24-19(17)21-13(4)20-18/h6-9H,5,10H2,1-4H3. The van der Waals surface area contributed by atoms with Crippen LogP contribution < -0.4 is 0 Å². The Morgan fingerprint density at radius 2 is 1.83 bits per heavy atom. The second-order valence-corrected chi connectivity index (χ2v) is 7.97. The van der Waals surface area contributed by atoms with Crippen molar-refractivity contribution >= 4 is 39.1 Å². The quantitative estimate of drug-likeness (QED) is 0.360. The summed E-state index contributed by atoms with van der Waals surface area (Å²) in [6.07, 6.45) is 0.984. The first-order chi connectivity index (χ1) is 11.5. The summed E-state index contributed by atoms with van der Waals surface area (Å²) < 4.78 is 0. The molecule has 3 rings (SSSR count). The van der Waals surface area contributed by atoms with E-state index in [1.807, 2.05) is 31.2 Å². The highest BCUT2D eigenvalue weighted by Gasteiger charge is 2.15. The summed E-state index contributed by atoms with van der Waals surface area (Å²) in [6, 6.07) is 7.89. The van der Waals surface area contributed by atoms with Gasteiger partial charge < -0.3 is 0 Å². The van der Waals surface area contributed by atoms with Crippen molar-refractivity contribution in [2.75, 3.05) is 5.75 Å². The Bertz CT molecular complexity index is 898. The average Bonchev–Trinajstić information content (AvgIpc) is 2.86. The van der Waals surface area contributed by atoms with E-state index in [2.05, 4.69) is 30.7 Å². The second-order valence-electron chi connectivity index (χ2n) is 5.80. The molecule has 0 aliphatic carbocycles. The van der Waals surface area contributed by atoms with Gasteiger partial charge in [0.25, 0.3) is 0 Å². The van der Waals surface area contributed by atoms with E-state index < -0.39 is 0 Å². The van der Waals surface area contributed by atoms with E-state index >= 15 is 0 Å². The third-order valence-electron chi connectivity index (χ3n) is 4.13. The maximum absolute atomic E-state index is 12.5. The maximum atomic E-state index is 12.5. The van der Waals surface area contributed by atoms with E-state index in [9.17, 15) is 4.79 Å². The van der Waals surface area contributed by atoms with E-state index in [1.165, 1.54) is 27.8 Å². The summed E-state index contributed by atoms with van der Waals surface area (Å²) in [6.45, 7) is 8.22. The summed E-state index contributed by atoms with van der Waals surface area (Å²) in [5.41, 5.74) is 3.23. The number of nitrogens with zero attached hydrogens (tertiary/aromatic N) is 2. The molecule has 0 radical (unpaired) electrons.